The molecule has 1 aromatic heterocycles. The van der Waals surface area contributed by atoms with Crippen molar-refractivity contribution in [2.75, 3.05) is 13.1 Å². The van der Waals surface area contributed by atoms with Crippen LogP contribution in [-0.2, 0) is 10.0 Å². The van der Waals surface area contributed by atoms with Gasteiger partial charge in [-0.1, -0.05) is 0 Å². The van der Waals surface area contributed by atoms with Crippen LogP contribution in [0.5, 0.6) is 0 Å². The number of benzene rings is 1. The highest BCUT2D eigenvalue weighted by molar-refractivity contribution is 7.89. The molecule has 0 spiro atoms. The molecule has 2 aromatic rings. The average molecular weight is 390 g/mol. The van der Waals surface area contributed by atoms with Crippen LogP contribution in [0.4, 0.5) is 5.69 Å². The Balaban J connectivity index is 1.59. The van der Waals surface area contributed by atoms with Crippen LogP contribution < -0.4 is 4.72 Å². The molecule has 0 aliphatic carbocycles. The highest BCUT2D eigenvalue weighted by atomic mass is 32.2. The standard InChI is InChI=1S/C17H18N4O5S/c22-17(13-2-1-9-18-12-13)20-10-7-14(8-11-20)19-27(25,26)16-5-3-15(4-6-16)21(23)24/h1-6,9,12,14,19H,7-8,10-11H2. The Bertz CT molecular complexity index is 924. The summed E-state index contributed by atoms with van der Waals surface area (Å²) in [5, 5.41) is 10.7. The summed E-state index contributed by atoms with van der Waals surface area (Å²) < 4.78 is 27.5. The van der Waals surface area contributed by atoms with Crippen molar-refractivity contribution in [3.05, 3.63) is 64.5 Å². The summed E-state index contributed by atoms with van der Waals surface area (Å²) in [7, 11) is -3.78. The molecule has 0 unspecified atom stereocenters. The van der Waals surface area contributed by atoms with Gasteiger partial charge in [-0.3, -0.25) is 19.9 Å². The second-order valence-electron chi connectivity index (χ2n) is 6.18. The third-order valence-electron chi connectivity index (χ3n) is 4.37. The monoisotopic (exact) mass is 390 g/mol. The van der Waals surface area contributed by atoms with E-state index in [1.54, 1.807) is 23.2 Å². The van der Waals surface area contributed by atoms with E-state index in [0.717, 1.165) is 12.1 Å². The van der Waals surface area contributed by atoms with Crippen molar-refractivity contribution in [1.29, 1.82) is 0 Å². The van der Waals surface area contributed by atoms with Gasteiger partial charge in [0.2, 0.25) is 10.0 Å². The van der Waals surface area contributed by atoms with Crippen LogP contribution in [0.2, 0.25) is 0 Å². The van der Waals surface area contributed by atoms with E-state index < -0.39 is 14.9 Å². The first kappa shape index (κ1) is 18.9. The van der Waals surface area contributed by atoms with Crippen molar-refractivity contribution in [3.8, 4) is 0 Å². The topological polar surface area (TPSA) is 123 Å². The molecule has 0 bridgehead atoms. The highest BCUT2D eigenvalue weighted by Crippen LogP contribution is 2.19. The van der Waals surface area contributed by atoms with Crippen molar-refractivity contribution in [1.82, 2.24) is 14.6 Å². The van der Waals surface area contributed by atoms with Crippen LogP contribution in [0.25, 0.3) is 0 Å². The zero-order valence-corrected chi connectivity index (χ0v) is 15.1. The summed E-state index contributed by atoms with van der Waals surface area (Å²) in [6, 6.07) is 7.82. The number of nitrogens with zero attached hydrogens (tertiary/aromatic N) is 3. The number of nitrogens with one attached hydrogen (secondary N) is 1. The molecule has 1 saturated heterocycles. The number of rotatable bonds is 5. The van der Waals surface area contributed by atoms with Gasteiger partial charge in [0.25, 0.3) is 11.6 Å². The van der Waals surface area contributed by atoms with E-state index in [9.17, 15) is 23.3 Å². The summed E-state index contributed by atoms with van der Waals surface area (Å²) >= 11 is 0. The van der Waals surface area contributed by atoms with Gasteiger partial charge < -0.3 is 4.90 Å². The average Bonchev–Trinajstić information content (AvgIpc) is 2.68. The SMILES string of the molecule is O=C(c1cccnc1)N1CCC(NS(=O)(=O)c2ccc([N+](=O)[O-])cc2)CC1. The van der Waals surface area contributed by atoms with E-state index in [0.29, 0.717) is 31.5 Å². The Kier molecular flexibility index (Phi) is 5.47. The molecule has 1 amide bonds. The predicted molar refractivity (Wildman–Crippen MR) is 96.6 cm³/mol. The minimum absolute atomic E-state index is 0.0260. The van der Waals surface area contributed by atoms with Crippen LogP contribution in [-0.4, -0.2) is 48.3 Å². The van der Waals surface area contributed by atoms with Crippen LogP contribution in [0, 0.1) is 10.1 Å². The molecule has 1 aliphatic rings. The van der Waals surface area contributed by atoms with Gasteiger partial charge in [-0.25, -0.2) is 13.1 Å². The minimum atomic E-state index is -3.78. The minimum Gasteiger partial charge on any atom is -0.338 e. The fraction of sp³-hybridized carbons (Fsp3) is 0.294. The summed E-state index contributed by atoms with van der Waals surface area (Å²) in [4.78, 5) is 28.1. The van der Waals surface area contributed by atoms with Crippen molar-refractivity contribution in [3.63, 3.8) is 0 Å². The van der Waals surface area contributed by atoms with Gasteiger partial charge in [-0.2, -0.15) is 0 Å². The summed E-state index contributed by atoms with van der Waals surface area (Å²) in [6.45, 7) is 0.863. The third kappa shape index (κ3) is 4.47. The molecule has 1 N–H and O–H groups in total. The molecular formula is C17H18N4O5S. The zero-order valence-electron chi connectivity index (χ0n) is 14.3. The molecule has 0 atom stereocenters. The molecular weight excluding hydrogens is 372 g/mol. The number of hydrogen-bond acceptors (Lipinski definition) is 6. The number of likely N-dealkylation sites (tertiary alicyclic amines) is 1. The maximum atomic E-state index is 12.4. The number of carbonyl (C=O) groups excluding carboxylic acids is 1. The van der Waals surface area contributed by atoms with Crippen LogP contribution in [0.3, 0.4) is 0 Å². The quantitative estimate of drug-likeness (QED) is 0.611. The molecule has 10 heteroatoms. The third-order valence-corrected chi connectivity index (χ3v) is 5.91. The summed E-state index contributed by atoms with van der Waals surface area (Å²) in [5.41, 5.74) is 0.332. The Morgan fingerprint density at radius 2 is 1.85 bits per heavy atom. The van der Waals surface area contributed by atoms with E-state index in [2.05, 4.69) is 9.71 Å². The van der Waals surface area contributed by atoms with Crippen LogP contribution >= 0.6 is 0 Å². The Morgan fingerprint density at radius 1 is 1.19 bits per heavy atom. The largest absolute Gasteiger partial charge is 0.338 e. The first-order chi connectivity index (χ1) is 12.9. The number of aromatic nitrogens is 1. The molecule has 3 rings (SSSR count). The summed E-state index contributed by atoms with van der Waals surface area (Å²) in [6.07, 6.45) is 4.07. The lowest BCUT2D eigenvalue weighted by molar-refractivity contribution is -0.384. The molecule has 0 saturated carbocycles. The number of piperidine rings is 1. The lowest BCUT2D eigenvalue weighted by Crippen LogP contribution is -2.46. The van der Waals surface area contributed by atoms with E-state index in [-0.39, 0.29) is 22.5 Å². The van der Waals surface area contributed by atoms with E-state index in [1.807, 2.05) is 0 Å². The Labute approximate surface area is 156 Å². The molecule has 1 fully saturated rings. The Hall–Kier alpha value is -2.85. The normalized spacial score (nSPS) is 15.5. The van der Waals surface area contributed by atoms with Gasteiger partial charge in [0.15, 0.2) is 0 Å². The number of nitro benzene ring substituents is 1. The van der Waals surface area contributed by atoms with Gasteiger partial charge in [-0.05, 0) is 37.1 Å². The molecule has 0 radical (unpaired) electrons. The van der Waals surface area contributed by atoms with Gasteiger partial charge in [-0.15, -0.1) is 0 Å². The van der Waals surface area contributed by atoms with E-state index in [1.165, 1.54) is 18.3 Å². The smallest absolute Gasteiger partial charge is 0.269 e. The molecule has 27 heavy (non-hydrogen) atoms. The van der Waals surface area contributed by atoms with Crippen LogP contribution in [0.1, 0.15) is 23.2 Å². The first-order valence-electron chi connectivity index (χ1n) is 8.33. The molecule has 1 aliphatic heterocycles. The van der Waals surface area contributed by atoms with Crippen molar-refractivity contribution >= 4 is 21.6 Å². The van der Waals surface area contributed by atoms with Gasteiger partial charge in [0, 0.05) is 43.7 Å². The highest BCUT2D eigenvalue weighted by Gasteiger charge is 2.27. The fourth-order valence-electron chi connectivity index (χ4n) is 2.91. The maximum Gasteiger partial charge on any atom is 0.269 e. The number of carbonyl (C=O) groups is 1. The molecule has 1 aromatic carbocycles. The van der Waals surface area contributed by atoms with E-state index >= 15 is 0 Å². The van der Waals surface area contributed by atoms with E-state index in [4.69, 9.17) is 0 Å². The number of hydrogen-bond donors (Lipinski definition) is 1. The zero-order chi connectivity index (χ0) is 19.4. The lowest BCUT2D eigenvalue weighted by atomic mass is 10.1. The lowest BCUT2D eigenvalue weighted by Gasteiger charge is -2.32. The maximum absolute atomic E-state index is 12.4. The molecule has 2 heterocycles. The predicted octanol–water partition coefficient (Wildman–Crippen LogP) is 1.57. The fourth-order valence-corrected chi connectivity index (χ4v) is 4.21. The molecule has 9 nitrogen and oxygen atoms in total. The van der Waals surface area contributed by atoms with Crippen molar-refractivity contribution in [2.24, 2.45) is 0 Å². The number of amides is 1. The molecule has 142 valence electrons. The number of sulfonamides is 1. The van der Waals surface area contributed by atoms with Crippen molar-refractivity contribution in [2.45, 2.75) is 23.8 Å². The van der Waals surface area contributed by atoms with Gasteiger partial charge >= 0.3 is 0 Å². The summed E-state index contributed by atoms with van der Waals surface area (Å²) in [5.74, 6) is -0.125. The van der Waals surface area contributed by atoms with Gasteiger partial charge in [0.05, 0.1) is 15.4 Å². The Morgan fingerprint density at radius 3 is 2.41 bits per heavy atom. The second kappa shape index (κ2) is 7.80. The first-order valence-corrected chi connectivity index (χ1v) is 9.81. The number of pyridine rings is 1. The number of non-ortho nitro benzene ring substituents is 1. The van der Waals surface area contributed by atoms with Gasteiger partial charge in [0.1, 0.15) is 0 Å². The number of nitro groups is 1. The second-order valence-corrected chi connectivity index (χ2v) is 7.89. The van der Waals surface area contributed by atoms with Crippen molar-refractivity contribution < 1.29 is 18.1 Å². The van der Waals surface area contributed by atoms with Crippen LogP contribution in [0.15, 0.2) is 53.7 Å².